The van der Waals surface area contributed by atoms with Crippen molar-refractivity contribution in [3.8, 4) is 0 Å². The zero-order valence-electron chi connectivity index (χ0n) is 11.1. The molecular formula is C14H20N2OS. The van der Waals surface area contributed by atoms with Gasteiger partial charge in [-0.2, -0.15) is 0 Å². The van der Waals surface area contributed by atoms with Crippen molar-refractivity contribution >= 4 is 23.1 Å². The summed E-state index contributed by atoms with van der Waals surface area (Å²) in [5.74, 6) is -0.701. The lowest BCUT2D eigenvalue weighted by atomic mass is 9.95. The predicted octanol–water partition coefficient (Wildman–Crippen LogP) is 2.36. The van der Waals surface area contributed by atoms with Gasteiger partial charge in [-0.15, -0.1) is 0 Å². The molecule has 0 aliphatic rings. The quantitative estimate of drug-likeness (QED) is 0.803. The van der Waals surface area contributed by atoms with Gasteiger partial charge in [0.15, 0.2) is 0 Å². The number of nitrogens with one attached hydrogen (secondary N) is 1. The first kappa shape index (κ1) is 14.6. The smallest absolute Gasteiger partial charge is 0.234 e. The highest BCUT2D eigenvalue weighted by molar-refractivity contribution is 7.80. The summed E-state index contributed by atoms with van der Waals surface area (Å²) in [6.45, 7) is 5.98. The topological polar surface area (TPSA) is 55.1 Å². The van der Waals surface area contributed by atoms with Gasteiger partial charge in [-0.25, -0.2) is 0 Å². The Morgan fingerprint density at radius 1 is 1.39 bits per heavy atom. The first-order chi connectivity index (χ1) is 8.37. The van der Waals surface area contributed by atoms with Gasteiger partial charge < -0.3 is 11.1 Å². The van der Waals surface area contributed by atoms with E-state index in [1.165, 1.54) is 0 Å². The molecule has 0 saturated carbocycles. The second-order valence-corrected chi connectivity index (χ2v) is 5.44. The van der Waals surface area contributed by atoms with Crippen molar-refractivity contribution in [2.45, 2.75) is 38.6 Å². The van der Waals surface area contributed by atoms with E-state index in [1.54, 1.807) is 0 Å². The summed E-state index contributed by atoms with van der Waals surface area (Å²) < 4.78 is 0. The normalized spacial score (nSPS) is 12.8. The molecule has 0 heterocycles. The van der Waals surface area contributed by atoms with Crippen molar-refractivity contribution < 1.29 is 4.79 Å². The fourth-order valence-electron chi connectivity index (χ4n) is 1.58. The van der Waals surface area contributed by atoms with Crippen molar-refractivity contribution in [2.24, 2.45) is 5.73 Å². The number of hydrogen-bond acceptors (Lipinski definition) is 2. The summed E-state index contributed by atoms with van der Waals surface area (Å²) >= 11 is 5.02. The van der Waals surface area contributed by atoms with Gasteiger partial charge in [-0.05, 0) is 25.8 Å². The van der Waals surface area contributed by atoms with Gasteiger partial charge >= 0.3 is 0 Å². The molecule has 3 N–H and O–H groups in total. The van der Waals surface area contributed by atoms with Crippen molar-refractivity contribution in [1.29, 1.82) is 0 Å². The van der Waals surface area contributed by atoms with Crippen LogP contribution in [0.3, 0.4) is 0 Å². The fourth-order valence-corrected chi connectivity index (χ4v) is 1.83. The highest BCUT2D eigenvalue weighted by Gasteiger charge is 2.27. The van der Waals surface area contributed by atoms with E-state index >= 15 is 0 Å². The van der Waals surface area contributed by atoms with E-state index in [4.69, 9.17) is 18.0 Å². The number of benzene rings is 1. The number of thiocarbonyl (C=S) groups is 1. The Kier molecular flexibility index (Phi) is 4.84. The van der Waals surface area contributed by atoms with Gasteiger partial charge in [0.05, 0.1) is 4.99 Å². The minimum Gasteiger partial charge on any atom is -0.392 e. The lowest BCUT2D eigenvalue weighted by molar-refractivity contribution is -0.122. The molecule has 18 heavy (non-hydrogen) atoms. The molecular weight excluding hydrogens is 244 g/mol. The van der Waals surface area contributed by atoms with E-state index in [0.717, 1.165) is 12.0 Å². The standard InChI is InChI=1S/C14H20N2OS/c1-4-14(2,3)16-13(17)11(12(15)18)10-8-6-5-7-9-10/h5-9,11H,4H2,1-3H3,(H2,15,18)(H,16,17). The van der Waals surface area contributed by atoms with E-state index in [1.807, 2.05) is 51.1 Å². The van der Waals surface area contributed by atoms with Crippen LogP contribution in [0.2, 0.25) is 0 Å². The number of carbonyl (C=O) groups excluding carboxylic acids is 1. The maximum absolute atomic E-state index is 12.3. The van der Waals surface area contributed by atoms with Gasteiger partial charge in [-0.3, -0.25) is 4.79 Å². The molecule has 1 aromatic carbocycles. The van der Waals surface area contributed by atoms with Gasteiger partial charge in [0.1, 0.15) is 5.92 Å². The molecule has 3 nitrogen and oxygen atoms in total. The molecule has 0 saturated heterocycles. The summed E-state index contributed by atoms with van der Waals surface area (Å²) in [6, 6.07) is 9.37. The summed E-state index contributed by atoms with van der Waals surface area (Å²) in [5.41, 5.74) is 6.27. The molecule has 1 aromatic rings. The Morgan fingerprint density at radius 3 is 2.39 bits per heavy atom. The van der Waals surface area contributed by atoms with E-state index in [2.05, 4.69) is 5.32 Å². The number of hydrogen-bond donors (Lipinski definition) is 2. The van der Waals surface area contributed by atoms with E-state index < -0.39 is 5.92 Å². The number of amides is 1. The largest absolute Gasteiger partial charge is 0.392 e. The predicted molar refractivity (Wildman–Crippen MR) is 78.5 cm³/mol. The molecule has 0 aromatic heterocycles. The maximum Gasteiger partial charge on any atom is 0.234 e. The van der Waals surface area contributed by atoms with Crippen LogP contribution in [0.4, 0.5) is 0 Å². The molecule has 0 radical (unpaired) electrons. The minimum absolute atomic E-state index is 0.138. The molecule has 1 unspecified atom stereocenters. The van der Waals surface area contributed by atoms with Gasteiger partial charge in [0.2, 0.25) is 5.91 Å². The first-order valence-electron chi connectivity index (χ1n) is 6.03. The van der Waals surface area contributed by atoms with Gasteiger partial charge in [0, 0.05) is 5.54 Å². The average Bonchev–Trinajstić information content (AvgIpc) is 2.29. The van der Waals surface area contributed by atoms with Crippen LogP contribution in [0.5, 0.6) is 0 Å². The molecule has 0 fully saturated rings. The lowest BCUT2D eigenvalue weighted by Crippen LogP contribution is -2.47. The number of carbonyl (C=O) groups is 1. The summed E-state index contributed by atoms with van der Waals surface area (Å²) in [4.78, 5) is 12.5. The van der Waals surface area contributed by atoms with Crippen LogP contribution in [-0.4, -0.2) is 16.4 Å². The first-order valence-corrected chi connectivity index (χ1v) is 6.44. The van der Waals surface area contributed by atoms with Crippen LogP contribution in [0.25, 0.3) is 0 Å². The number of nitrogens with two attached hydrogens (primary N) is 1. The molecule has 0 aliphatic heterocycles. The molecule has 4 heteroatoms. The molecule has 0 aliphatic carbocycles. The Hall–Kier alpha value is -1.42. The summed E-state index contributed by atoms with van der Waals surface area (Å²) in [7, 11) is 0. The average molecular weight is 264 g/mol. The Labute approximate surface area is 114 Å². The lowest BCUT2D eigenvalue weighted by Gasteiger charge is -2.27. The van der Waals surface area contributed by atoms with Gasteiger partial charge in [0.25, 0.3) is 0 Å². The molecule has 98 valence electrons. The van der Waals surface area contributed by atoms with Crippen LogP contribution < -0.4 is 11.1 Å². The third kappa shape index (κ3) is 3.81. The third-order valence-electron chi connectivity index (χ3n) is 3.03. The highest BCUT2D eigenvalue weighted by Crippen LogP contribution is 2.18. The fraction of sp³-hybridized carbons (Fsp3) is 0.429. The summed E-state index contributed by atoms with van der Waals surface area (Å²) in [6.07, 6.45) is 0.845. The van der Waals surface area contributed by atoms with Crippen LogP contribution in [0.1, 0.15) is 38.7 Å². The SMILES string of the molecule is CCC(C)(C)NC(=O)C(C(N)=S)c1ccccc1. The van der Waals surface area contributed by atoms with E-state index in [0.29, 0.717) is 0 Å². The van der Waals surface area contributed by atoms with Gasteiger partial charge in [-0.1, -0.05) is 49.5 Å². The Morgan fingerprint density at radius 2 is 1.94 bits per heavy atom. The number of rotatable bonds is 5. The maximum atomic E-state index is 12.3. The Bertz CT molecular complexity index is 429. The zero-order chi connectivity index (χ0) is 13.8. The van der Waals surface area contributed by atoms with Crippen molar-refractivity contribution in [1.82, 2.24) is 5.32 Å². The van der Waals surface area contributed by atoms with E-state index in [-0.39, 0.29) is 16.4 Å². The van der Waals surface area contributed by atoms with Crippen molar-refractivity contribution in [3.63, 3.8) is 0 Å². The van der Waals surface area contributed by atoms with Crippen LogP contribution in [0, 0.1) is 0 Å². The summed E-state index contributed by atoms with van der Waals surface area (Å²) in [5, 5.41) is 2.98. The van der Waals surface area contributed by atoms with Crippen molar-refractivity contribution in [3.05, 3.63) is 35.9 Å². The zero-order valence-corrected chi connectivity index (χ0v) is 11.9. The molecule has 0 spiro atoms. The highest BCUT2D eigenvalue weighted by atomic mass is 32.1. The molecule has 0 bridgehead atoms. The van der Waals surface area contributed by atoms with E-state index in [9.17, 15) is 4.79 Å². The second-order valence-electron chi connectivity index (χ2n) is 4.97. The molecule has 1 amide bonds. The second kappa shape index (κ2) is 5.96. The van der Waals surface area contributed by atoms with Crippen LogP contribution in [0.15, 0.2) is 30.3 Å². The van der Waals surface area contributed by atoms with Crippen LogP contribution in [-0.2, 0) is 4.79 Å². The van der Waals surface area contributed by atoms with Crippen molar-refractivity contribution in [2.75, 3.05) is 0 Å². The minimum atomic E-state index is -0.563. The third-order valence-corrected chi connectivity index (χ3v) is 3.26. The monoisotopic (exact) mass is 264 g/mol. The van der Waals surface area contributed by atoms with Crippen LogP contribution >= 0.6 is 12.2 Å². The molecule has 1 rings (SSSR count). The molecule has 1 atom stereocenters. The Balaban J connectivity index is 2.94.